The molecule has 108 valence electrons. The molecule has 1 saturated heterocycles. The fraction of sp³-hybridized carbons (Fsp3) is 0.400. The zero-order valence-corrected chi connectivity index (χ0v) is 11.6. The van der Waals surface area contributed by atoms with Crippen molar-refractivity contribution >= 4 is 5.82 Å². The predicted molar refractivity (Wildman–Crippen MR) is 77.4 cm³/mol. The maximum absolute atomic E-state index is 10.3. The van der Waals surface area contributed by atoms with Gasteiger partial charge in [-0.15, -0.1) is 0 Å². The van der Waals surface area contributed by atoms with E-state index in [1.807, 2.05) is 6.07 Å². The lowest BCUT2D eigenvalue weighted by Gasteiger charge is -2.34. The first kappa shape index (κ1) is 13.6. The Hall–Kier alpha value is -2.39. The fourth-order valence-electron chi connectivity index (χ4n) is 2.75. The van der Waals surface area contributed by atoms with Crippen molar-refractivity contribution in [1.82, 2.24) is 15.0 Å². The first-order valence-corrected chi connectivity index (χ1v) is 7.06. The van der Waals surface area contributed by atoms with Gasteiger partial charge in [-0.05, 0) is 30.9 Å². The van der Waals surface area contributed by atoms with Crippen LogP contribution in [-0.2, 0) is 0 Å². The number of nitriles is 1. The van der Waals surface area contributed by atoms with Gasteiger partial charge in [0.1, 0.15) is 23.8 Å². The number of hydrogen-bond acceptors (Lipinski definition) is 5. The number of imidazole rings is 1. The third-order valence-electron chi connectivity index (χ3n) is 3.99. The molecule has 1 atom stereocenters. The van der Waals surface area contributed by atoms with Crippen LogP contribution < -0.4 is 4.90 Å². The third-order valence-corrected chi connectivity index (χ3v) is 3.99. The zero-order valence-electron chi connectivity index (χ0n) is 11.6. The number of nitrogens with zero attached hydrogens (tertiary/aromatic N) is 4. The second-order valence-electron chi connectivity index (χ2n) is 5.26. The molecule has 0 bridgehead atoms. The Bertz CT molecular complexity index is 609. The summed E-state index contributed by atoms with van der Waals surface area (Å²) in [6.45, 7) is 1.70. The van der Waals surface area contributed by atoms with E-state index in [-0.39, 0.29) is 5.92 Å². The Balaban J connectivity index is 1.61. The van der Waals surface area contributed by atoms with E-state index in [9.17, 15) is 5.11 Å². The highest BCUT2D eigenvalue weighted by Crippen LogP contribution is 2.30. The molecule has 0 amide bonds. The van der Waals surface area contributed by atoms with Gasteiger partial charge >= 0.3 is 0 Å². The number of aromatic amines is 1. The summed E-state index contributed by atoms with van der Waals surface area (Å²) >= 11 is 0. The minimum absolute atomic E-state index is 0.214. The van der Waals surface area contributed by atoms with Crippen LogP contribution in [0, 0.1) is 17.2 Å². The van der Waals surface area contributed by atoms with Gasteiger partial charge in [0.05, 0.1) is 5.56 Å². The number of hydrogen-bond donors (Lipinski definition) is 2. The number of aromatic nitrogens is 3. The lowest BCUT2D eigenvalue weighted by molar-refractivity contribution is 0.0856. The highest BCUT2D eigenvalue weighted by molar-refractivity contribution is 5.42. The molecular formula is C15H17N5O. The number of piperidine rings is 1. The second kappa shape index (κ2) is 5.94. The summed E-state index contributed by atoms with van der Waals surface area (Å²) in [4.78, 5) is 13.6. The summed E-state index contributed by atoms with van der Waals surface area (Å²) in [5.41, 5.74) is 0.571. The molecule has 6 heteroatoms. The van der Waals surface area contributed by atoms with Crippen molar-refractivity contribution < 1.29 is 5.11 Å². The second-order valence-corrected chi connectivity index (χ2v) is 5.26. The number of H-pyrrole nitrogens is 1. The number of pyridine rings is 1. The number of aliphatic hydroxyl groups excluding tert-OH is 1. The van der Waals surface area contributed by atoms with Crippen molar-refractivity contribution in [3.05, 3.63) is 42.1 Å². The highest BCUT2D eigenvalue weighted by Gasteiger charge is 2.27. The van der Waals surface area contributed by atoms with E-state index in [1.54, 1.807) is 24.7 Å². The number of nitrogens with one attached hydrogen (secondary N) is 1. The minimum atomic E-state index is -0.531. The van der Waals surface area contributed by atoms with Crippen molar-refractivity contribution in [2.24, 2.45) is 5.92 Å². The van der Waals surface area contributed by atoms with Crippen molar-refractivity contribution in [3.8, 4) is 6.07 Å². The molecule has 1 aliphatic rings. The Kier molecular flexibility index (Phi) is 3.84. The van der Waals surface area contributed by atoms with Crippen LogP contribution in [0.4, 0.5) is 5.82 Å². The van der Waals surface area contributed by atoms with Crippen LogP contribution in [-0.4, -0.2) is 33.1 Å². The van der Waals surface area contributed by atoms with Crippen LogP contribution in [0.1, 0.15) is 30.3 Å². The summed E-state index contributed by atoms with van der Waals surface area (Å²) in [5.74, 6) is 1.75. The highest BCUT2D eigenvalue weighted by atomic mass is 16.3. The molecule has 1 unspecified atom stereocenters. The van der Waals surface area contributed by atoms with Crippen LogP contribution in [0.3, 0.4) is 0 Å². The first-order valence-electron chi connectivity index (χ1n) is 7.06. The van der Waals surface area contributed by atoms with Crippen LogP contribution in [0.5, 0.6) is 0 Å². The lowest BCUT2D eigenvalue weighted by atomic mass is 9.91. The predicted octanol–water partition coefficient (Wildman–Crippen LogP) is 1.63. The molecule has 0 spiro atoms. The quantitative estimate of drug-likeness (QED) is 0.893. The molecule has 1 fully saturated rings. The Morgan fingerprint density at radius 2 is 2.14 bits per heavy atom. The van der Waals surface area contributed by atoms with E-state index in [0.717, 1.165) is 31.7 Å². The minimum Gasteiger partial charge on any atom is -0.385 e. The Morgan fingerprint density at radius 3 is 2.71 bits per heavy atom. The Morgan fingerprint density at radius 1 is 1.33 bits per heavy atom. The molecule has 3 rings (SSSR count). The molecule has 0 aliphatic carbocycles. The van der Waals surface area contributed by atoms with Gasteiger partial charge in [0, 0.05) is 31.7 Å². The van der Waals surface area contributed by atoms with Crippen LogP contribution in [0.15, 0.2) is 30.7 Å². The lowest BCUT2D eigenvalue weighted by Crippen LogP contribution is -2.36. The number of rotatable bonds is 3. The molecule has 2 aromatic rings. The van der Waals surface area contributed by atoms with Gasteiger partial charge < -0.3 is 15.0 Å². The standard InChI is InChI=1S/C15H17N5O/c16-9-11-1-2-13(19-10-11)20-7-3-12(4-8-20)14(21)15-17-5-6-18-15/h1-2,5-6,10,12,14,21H,3-4,7-8H2,(H,17,18). The van der Waals surface area contributed by atoms with Gasteiger partial charge in [0.2, 0.25) is 0 Å². The average Bonchev–Trinajstić information content (AvgIpc) is 3.09. The van der Waals surface area contributed by atoms with Crippen LogP contribution in [0.2, 0.25) is 0 Å². The van der Waals surface area contributed by atoms with Crippen LogP contribution in [0.25, 0.3) is 0 Å². The van der Waals surface area contributed by atoms with Gasteiger partial charge in [0.25, 0.3) is 0 Å². The van der Waals surface area contributed by atoms with Gasteiger partial charge in [-0.3, -0.25) is 0 Å². The fourth-order valence-corrected chi connectivity index (χ4v) is 2.75. The van der Waals surface area contributed by atoms with Gasteiger partial charge in [0.15, 0.2) is 0 Å². The SMILES string of the molecule is N#Cc1ccc(N2CCC(C(O)c3ncc[nH]3)CC2)nc1. The van der Waals surface area contributed by atoms with Gasteiger partial charge in [-0.1, -0.05) is 0 Å². The zero-order chi connectivity index (χ0) is 14.7. The van der Waals surface area contributed by atoms with E-state index < -0.39 is 6.10 Å². The molecule has 0 radical (unpaired) electrons. The maximum atomic E-state index is 10.3. The molecule has 0 aromatic carbocycles. The van der Waals surface area contributed by atoms with E-state index in [2.05, 4.69) is 25.9 Å². The average molecular weight is 283 g/mol. The maximum Gasteiger partial charge on any atom is 0.135 e. The topological polar surface area (TPSA) is 88.8 Å². The molecule has 3 heterocycles. The molecule has 2 N–H and O–H groups in total. The monoisotopic (exact) mass is 283 g/mol. The van der Waals surface area contributed by atoms with E-state index in [1.165, 1.54) is 0 Å². The van der Waals surface area contributed by atoms with E-state index in [4.69, 9.17) is 5.26 Å². The normalized spacial score (nSPS) is 17.4. The first-order chi connectivity index (χ1) is 10.3. The summed E-state index contributed by atoms with van der Waals surface area (Å²) < 4.78 is 0. The van der Waals surface area contributed by atoms with Crippen LogP contribution >= 0.6 is 0 Å². The number of aliphatic hydroxyl groups is 1. The third kappa shape index (κ3) is 2.88. The van der Waals surface area contributed by atoms with Crippen molar-refractivity contribution in [2.75, 3.05) is 18.0 Å². The number of anilines is 1. The largest absolute Gasteiger partial charge is 0.385 e. The van der Waals surface area contributed by atoms with E-state index >= 15 is 0 Å². The molecule has 6 nitrogen and oxygen atoms in total. The molecule has 2 aromatic heterocycles. The molecular weight excluding hydrogens is 266 g/mol. The smallest absolute Gasteiger partial charge is 0.135 e. The summed E-state index contributed by atoms with van der Waals surface area (Å²) in [5, 5.41) is 19.1. The van der Waals surface area contributed by atoms with E-state index in [0.29, 0.717) is 11.4 Å². The van der Waals surface area contributed by atoms with Gasteiger partial charge in [-0.25, -0.2) is 9.97 Å². The summed E-state index contributed by atoms with van der Waals surface area (Å²) in [6, 6.07) is 5.73. The van der Waals surface area contributed by atoms with Crippen molar-refractivity contribution in [2.45, 2.75) is 18.9 Å². The van der Waals surface area contributed by atoms with Crippen molar-refractivity contribution in [3.63, 3.8) is 0 Å². The molecule has 21 heavy (non-hydrogen) atoms. The van der Waals surface area contributed by atoms with Crippen molar-refractivity contribution in [1.29, 1.82) is 5.26 Å². The summed E-state index contributed by atoms with van der Waals surface area (Å²) in [6.07, 6.45) is 6.24. The van der Waals surface area contributed by atoms with Gasteiger partial charge in [-0.2, -0.15) is 5.26 Å². The summed E-state index contributed by atoms with van der Waals surface area (Å²) in [7, 11) is 0. The molecule has 1 aliphatic heterocycles. The molecule has 0 saturated carbocycles. The Labute approximate surface area is 123 Å².